The van der Waals surface area contributed by atoms with E-state index in [9.17, 15) is 4.79 Å². The quantitative estimate of drug-likeness (QED) is 0.409. The van der Waals surface area contributed by atoms with E-state index >= 15 is 0 Å². The lowest BCUT2D eigenvalue weighted by atomic mass is 10.1. The first-order chi connectivity index (χ1) is 11.2. The summed E-state index contributed by atoms with van der Waals surface area (Å²) < 4.78 is 1.63. The molecular formula is C17H14N4OS. The van der Waals surface area contributed by atoms with Gasteiger partial charge in [-0.2, -0.15) is 4.68 Å². The maximum absolute atomic E-state index is 12.1. The summed E-state index contributed by atoms with van der Waals surface area (Å²) >= 11 is 1.30. The Morgan fingerprint density at radius 1 is 1.09 bits per heavy atom. The first kappa shape index (κ1) is 15.2. The zero-order chi connectivity index (χ0) is 16.1. The molecule has 0 bridgehead atoms. The fourth-order valence-corrected chi connectivity index (χ4v) is 2.59. The van der Waals surface area contributed by atoms with Gasteiger partial charge in [-0.25, -0.2) is 0 Å². The lowest BCUT2D eigenvalue weighted by Crippen LogP contribution is -1.98. The first-order valence-corrected chi connectivity index (χ1v) is 7.90. The van der Waals surface area contributed by atoms with Gasteiger partial charge < -0.3 is 0 Å². The number of hydrogen-bond donors (Lipinski definition) is 0. The van der Waals surface area contributed by atoms with Crippen LogP contribution in [0.25, 0.3) is 5.69 Å². The Hall–Kier alpha value is -2.73. The average molecular weight is 322 g/mol. The van der Waals surface area contributed by atoms with Gasteiger partial charge in [0.2, 0.25) is 5.16 Å². The molecule has 1 heterocycles. The fraction of sp³-hybridized carbons (Fsp3) is 0.0588. The summed E-state index contributed by atoms with van der Waals surface area (Å²) in [6.45, 7) is 1.99. The lowest BCUT2D eigenvalue weighted by Gasteiger charge is -2.01. The second-order valence-corrected chi connectivity index (χ2v) is 5.73. The van der Waals surface area contributed by atoms with Gasteiger partial charge in [-0.1, -0.05) is 59.8 Å². The number of aromatic nitrogens is 4. The van der Waals surface area contributed by atoms with Crippen LogP contribution >= 0.6 is 11.8 Å². The van der Waals surface area contributed by atoms with Gasteiger partial charge in [0.15, 0.2) is 5.78 Å². The number of benzene rings is 2. The number of tetrazole rings is 1. The third kappa shape index (κ3) is 3.73. The van der Waals surface area contributed by atoms with E-state index in [-0.39, 0.29) is 5.78 Å². The molecule has 114 valence electrons. The second kappa shape index (κ2) is 7.02. The molecule has 1 aromatic heterocycles. The van der Waals surface area contributed by atoms with E-state index in [4.69, 9.17) is 0 Å². The molecule has 23 heavy (non-hydrogen) atoms. The summed E-state index contributed by atoms with van der Waals surface area (Å²) in [5.74, 6) is -0.0452. The second-order valence-electron chi connectivity index (χ2n) is 4.86. The van der Waals surface area contributed by atoms with Crippen LogP contribution in [-0.4, -0.2) is 26.0 Å². The molecule has 0 atom stereocenters. The highest BCUT2D eigenvalue weighted by Gasteiger charge is 2.07. The molecular weight excluding hydrogens is 308 g/mol. The minimum atomic E-state index is -0.0452. The number of allylic oxidation sites excluding steroid dienone is 1. The van der Waals surface area contributed by atoms with Crippen LogP contribution in [0.1, 0.15) is 15.9 Å². The van der Waals surface area contributed by atoms with Gasteiger partial charge >= 0.3 is 0 Å². The SMILES string of the molecule is Cc1ccc(C(=O)/C=C\Sc2nnnn2-c2ccccc2)cc1. The summed E-state index contributed by atoms with van der Waals surface area (Å²) in [6.07, 6.45) is 1.53. The van der Waals surface area contributed by atoms with Crippen molar-refractivity contribution in [3.8, 4) is 5.69 Å². The average Bonchev–Trinajstić information content (AvgIpc) is 3.05. The molecule has 3 aromatic rings. The van der Waals surface area contributed by atoms with Crippen molar-refractivity contribution in [1.29, 1.82) is 0 Å². The molecule has 0 N–H and O–H groups in total. The molecule has 0 spiro atoms. The Morgan fingerprint density at radius 3 is 2.57 bits per heavy atom. The van der Waals surface area contributed by atoms with Crippen molar-refractivity contribution in [1.82, 2.24) is 20.2 Å². The van der Waals surface area contributed by atoms with Crippen molar-refractivity contribution in [2.24, 2.45) is 0 Å². The summed E-state index contributed by atoms with van der Waals surface area (Å²) in [6, 6.07) is 17.1. The van der Waals surface area contributed by atoms with E-state index in [1.807, 2.05) is 61.5 Å². The zero-order valence-electron chi connectivity index (χ0n) is 12.5. The first-order valence-electron chi connectivity index (χ1n) is 7.02. The van der Waals surface area contributed by atoms with Gasteiger partial charge in [0.1, 0.15) is 0 Å². The number of carbonyl (C=O) groups is 1. The minimum Gasteiger partial charge on any atom is -0.289 e. The number of thioether (sulfide) groups is 1. The molecule has 0 fully saturated rings. The molecule has 0 aliphatic rings. The lowest BCUT2D eigenvalue weighted by molar-refractivity contribution is 0.104. The normalized spacial score (nSPS) is 11.0. The van der Waals surface area contributed by atoms with Crippen molar-refractivity contribution in [2.45, 2.75) is 12.1 Å². The molecule has 0 saturated carbocycles. The van der Waals surface area contributed by atoms with E-state index in [2.05, 4.69) is 15.5 Å². The van der Waals surface area contributed by atoms with Crippen LogP contribution in [-0.2, 0) is 0 Å². The predicted molar refractivity (Wildman–Crippen MR) is 89.7 cm³/mol. The third-order valence-corrected chi connectivity index (χ3v) is 3.91. The van der Waals surface area contributed by atoms with Crippen molar-refractivity contribution >= 4 is 17.5 Å². The molecule has 6 heteroatoms. The maximum Gasteiger partial charge on any atom is 0.218 e. The van der Waals surface area contributed by atoms with Crippen molar-refractivity contribution in [3.05, 3.63) is 77.2 Å². The summed E-state index contributed by atoms with van der Waals surface area (Å²) in [4.78, 5) is 12.1. The molecule has 0 saturated heterocycles. The highest BCUT2D eigenvalue weighted by Crippen LogP contribution is 2.19. The number of nitrogens with zero attached hydrogens (tertiary/aromatic N) is 4. The van der Waals surface area contributed by atoms with Crippen LogP contribution < -0.4 is 0 Å². The van der Waals surface area contributed by atoms with Crippen LogP contribution in [0.3, 0.4) is 0 Å². The Labute approximate surface area is 138 Å². The Kier molecular flexibility index (Phi) is 4.63. The molecule has 0 aliphatic heterocycles. The molecule has 5 nitrogen and oxygen atoms in total. The van der Waals surface area contributed by atoms with Crippen molar-refractivity contribution < 1.29 is 4.79 Å². The van der Waals surface area contributed by atoms with Crippen LogP contribution in [0.5, 0.6) is 0 Å². The van der Waals surface area contributed by atoms with Gasteiger partial charge in [0, 0.05) is 5.56 Å². The number of hydrogen-bond acceptors (Lipinski definition) is 5. The largest absolute Gasteiger partial charge is 0.289 e. The van der Waals surface area contributed by atoms with E-state index in [1.165, 1.54) is 17.8 Å². The number of rotatable bonds is 5. The molecule has 0 radical (unpaired) electrons. The number of ketones is 1. The molecule has 0 aliphatic carbocycles. The van der Waals surface area contributed by atoms with Gasteiger partial charge in [-0.15, -0.1) is 5.10 Å². The smallest absolute Gasteiger partial charge is 0.218 e. The number of carbonyl (C=O) groups excluding carboxylic acids is 1. The minimum absolute atomic E-state index is 0.0452. The van der Waals surface area contributed by atoms with Gasteiger partial charge in [0.05, 0.1) is 5.69 Å². The Bertz CT molecular complexity index is 825. The van der Waals surface area contributed by atoms with E-state index in [0.717, 1.165) is 11.3 Å². The van der Waals surface area contributed by atoms with Gasteiger partial charge in [-0.05, 0) is 41.0 Å². The summed E-state index contributed by atoms with van der Waals surface area (Å²) in [5, 5.41) is 13.9. The van der Waals surface area contributed by atoms with E-state index < -0.39 is 0 Å². The predicted octanol–water partition coefficient (Wildman–Crippen LogP) is 3.46. The monoisotopic (exact) mass is 322 g/mol. The van der Waals surface area contributed by atoms with Crippen molar-refractivity contribution in [2.75, 3.05) is 0 Å². The van der Waals surface area contributed by atoms with E-state index in [0.29, 0.717) is 10.7 Å². The molecule has 2 aromatic carbocycles. The zero-order valence-corrected chi connectivity index (χ0v) is 13.3. The Balaban J connectivity index is 1.70. The van der Waals surface area contributed by atoms with Gasteiger partial charge in [0.25, 0.3) is 0 Å². The van der Waals surface area contributed by atoms with Crippen LogP contribution in [0.2, 0.25) is 0 Å². The molecule has 0 unspecified atom stereocenters. The molecule has 0 amide bonds. The van der Waals surface area contributed by atoms with E-state index in [1.54, 1.807) is 10.1 Å². The number of aryl methyl sites for hydroxylation is 1. The Morgan fingerprint density at radius 2 is 1.83 bits per heavy atom. The maximum atomic E-state index is 12.1. The highest BCUT2D eigenvalue weighted by atomic mass is 32.2. The van der Waals surface area contributed by atoms with Gasteiger partial charge in [-0.3, -0.25) is 4.79 Å². The third-order valence-electron chi connectivity index (χ3n) is 3.17. The van der Waals surface area contributed by atoms with Crippen LogP contribution in [0.15, 0.2) is 71.2 Å². The highest BCUT2D eigenvalue weighted by molar-refractivity contribution is 8.02. The van der Waals surface area contributed by atoms with Crippen molar-refractivity contribution in [3.63, 3.8) is 0 Å². The number of para-hydroxylation sites is 1. The standard InChI is InChI=1S/C17H14N4OS/c1-13-7-9-14(10-8-13)16(22)11-12-23-17-18-19-20-21(17)15-5-3-2-4-6-15/h2-12H,1H3/b12-11-. The summed E-state index contributed by atoms with van der Waals surface area (Å²) in [5.41, 5.74) is 2.66. The fourth-order valence-electron chi connectivity index (χ4n) is 1.95. The topological polar surface area (TPSA) is 60.7 Å². The molecule has 3 rings (SSSR count). The summed E-state index contributed by atoms with van der Waals surface area (Å²) in [7, 11) is 0. The van der Waals surface area contributed by atoms with Crippen LogP contribution in [0.4, 0.5) is 0 Å². The van der Waals surface area contributed by atoms with Crippen LogP contribution in [0, 0.1) is 6.92 Å².